The molecular weight excluding hydrogens is 630 g/mol. The third kappa shape index (κ3) is 6.55. The minimum Gasteiger partial charge on any atom is -0.441 e. The molecule has 0 spiro atoms. The highest BCUT2D eigenvalue weighted by Gasteiger charge is 2.44. The fourth-order valence-electron chi connectivity index (χ4n) is 5.85. The Morgan fingerprint density at radius 2 is 1.48 bits per heavy atom. The predicted octanol–water partition coefficient (Wildman–Crippen LogP) is 9.49. The van der Waals surface area contributed by atoms with Crippen LogP contribution in [0.4, 0.5) is 15.3 Å². The van der Waals surface area contributed by atoms with Crippen molar-refractivity contribution in [3.8, 4) is 22.5 Å². The predicted molar refractivity (Wildman–Crippen MR) is 182 cm³/mol. The SMILES string of the molecule is Cc1noc(-c2ccc(-c3ccc(C(C)C(=O)N4C(=O)O[C@@H](c5ccccc5)[C@H]4C)cc3)cc2)c1NC(=O)O[C@H](C)c1ccccc1Cl. The Morgan fingerprint density at radius 3 is 2.15 bits per heavy atom. The summed E-state index contributed by atoms with van der Waals surface area (Å²) in [6, 6.07) is 31.5. The lowest BCUT2D eigenvalue weighted by Gasteiger charge is -2.22. The molecule has 48 heavy (non-hydrogen) atoms. The molecule has 0 aliphatic carbocycles. The first kappa shape index (κ1) is 32.5. The second kappa shape index (κ2) is 13.8. The molecule has 5 aromatic rings. The van der Waals surface area contributed by atoms with E-state index in [1.807, 2.05) is 97.9 Å². The van der Waals surface area contributed by atoms with Gasteiger partial charge in [-0.15, -0.1) is 0 Å². The summed E-state index contributed by atoms with van der Waals surface area (Å²) < 4.78 is 16.7. The standard InChI is InChI=1S/C38H34ClN3O6/c1-22(36(43)42-24(3)34(47-38(42)45)29-10-6-5-7-11-29)26-14-16-27(17-15-26)28-18-20-30(21-19-28)35-33(23(2)41-48-35)40-37(44)46-25(4)31-12-8-9-13-32(31)39/h5-22,24-25,34H,1-4H3,(H,40,44)/t22?,24-,25-,34-/m1/s1. The van der Waals surface area contributed by atoms with Gasteiger partial charge in [0, 0.05) is 16.1 Å². The summed E-state index contributed by atoms with van der Waals surface area (Å²) in [5.74, 6) is -0.462. The third-order valence-corrected chi connectivity index (χ3v) is 8.96. The van der Waals surface area contributed by atoms with Crippen molar-refractivity contribution in [1.82, 2.24) is 10.1 Å². The number of carbonyl (C=O) groups is 3. The second-order valence-corrected chi connectivity index (χ2v) is 12.2. The van der Waals surface area contributed by atoms with E-state index < -0.39 is 36.4 Å². The number of nitrogens with one attached hydrogen (secondary N) is 1. The zero-order chi connectivity index (χ0) is 33.9. The van der Waals surface area contributed by atoms with Crippen LogP contribution in [0.5, 0.6) is 0 Å². The van der Waals surface area contributed by atoms with Gasteiger partial charge in [-0.3, -0.25) is 10.1 Å². The first-order valence-electron chi connectivity index (χ1n) is 15.6. The topological polar surface area (TPSA) is 111 Å². The van der Waals surface area contributed by atoms with Crippen LogP contribution >= 0.6 is 11.6 Å². The molecule has 1 fully saturated rings. The molecule has 1 aliphatic rings. The lowest BCUT2D eigenvalue weighted by Crippen LogP contribution is -2.40. The summed E-state index contributed by atoms with van der Waals surface area (Å²) in [7, 11) is 0. The number of rotatable bonds is 8. The maximum Gasteiger partial charge on any atom is 0.417 e. The number of aryl methyl sites for hydroxylation is 1. The van der Waals surface area contributed by atoms with E-state index >= 15 is 0 Å². The number of ether oxygens (including phenoxy) is 2. The number of cyclic esters (lactones) is 1. The number of hydrogen-bond acceptors (Lipinski definition) is 7. The van der Waals surface area contributed by atoms with Gasteiger partial charge in [0.15, 0.2) is 5.76 Å². The largest absolute Gasteiger partial charge is 0.441 e. The molecule has 2 heterocycles. The van der Waals surface area contributed by atoms with Crippen molar-refractivity contribution in [2.24, 2.45) is 0 Å². The molecular formula is C38H34ClN3O6. The van der Waals surface area contributed by atoms with Crippen molar-refractivity contribution in [3.63, 3.8) is 0 Å². The zero-order valence-electron chi connectivity index (χ0n) is 26.8. The molecule has 244 valence electrons. The highest BCUT2D eigenvalue weighted by molar-refractivity contribution is 6.31. The van der Waals surface area contributed by atoms with Crippen LogP contribution in [0.15, 0.2) is 108 Å². The molecule has 3 amide bonds. The van der Waals surface area contributed by atoms with Gasteiger partial charge in [-0.05, 0) is 56.0 Å². The summed E-state index contributed by atoms with van der Waals surface area (Å²) in [6.07, 6.45) is -2.37. The molecule has 1 N–H and O–H groups in total. The van der Waals surface area contributed by atoms with Crippen LogP contribution in [-0.2, 0) is 14.3 Å². The smallest absolute Gasteiger partial charge is 0.417 e. The van der Waals surface area contributed by atoms with Crippen molar-refractivity contribution < 1.29 is 28.4 Å². The van der Waals surface area contributed by atoms with E-state index in [2.05, 4.69) is 10.5 Å². The number of imide groups is 1. The molecule has 10 heteroatoms. The fraction of sp³-hybridized carbons (Fsp3) is 0.211. The van der Waals surface area contributed by atoms with Gasteiger partial charge in [-0.25, -0.2) is 14.5 Å². The highest BCUT2D eigenvalue weighted by Crippen LogP contribution is 2.36. The lowest BCUT2D eigenvalue weighted by molar-refractivity contribution is -0.130. The van der Waals surface area contributed by atoms with E-state index in [0.717, 1.165) is 22.3 Å². The molecule has 0 bridgehead atoms. The second-order valence-electron chi connectivity index (χ2n) is 11.8. The normalized spacial score (nSPS) is 17.0. The van der Waals surface area contributed by atoms with Crippen molar-refractivity contribution in [1.29, 1.82) is 0 Å². The fourth-order valence-corrected chi connectivity index (χ4v) is 6.14. The van der Waals surface area contributed by atoms with Gasteiger partial charge in [0.05, 0.1) is 12.0 Å². The third-order valence-electron chi connectivity index (χ3n) is 8.61. The number of anilines is 1. The lowest BCUT2D eigenvalue weighted by atomic mass is 9.95. The van der Waals surface area contributed by atoms with Crippen LogP contribution in [0.1, 0.15) is 61.3 Å². The Hall–Kier alpha value is -5.41. The van der Waals surface area contributed by atoms with Crippen molar-refractivity contribution in [3.05, 3.63) is 131 Å². The monoisotopic (exact) mass is 663 g/mol. The Morgan fingerprint density at radius 1 is 0.875 bits per heavy atom. The van der Waals surface area contributed by atoms with Crippen LogP contribution < -0.4 is 5.32 Å². The number of halogens is 1. The average Bonchev–Trinajstić information content (AvgIpc) is 3.61. The van der Waals surface area contributed by atoms with Crippen molar-refractivity contribution in [2.45, 2.75) is 51.9 Å². The molecule has 1 saturated heterocycles. The Bertz CT molecular complexity index is 1940. The molecule has 0 radical (unpaired) electrons. The Balaban J connectivity index is 1.12. The Kier molecular flexibility index (Phi) is 9.32. The number of amides is 3. The summed E-state index contributed by atoms with van der Waals surface area (Å²) in [5.41, 5.74) is 5.83. The van der Waals surface area contributed by atoms with E-state index in [4.69, 9.17) is 25.6 Å². The number of carbonyl (C=O) groups excluding carboxylic acids is 3. The van der Waals surface area contributed by atoms with Crippen LogP contribution in [0, 0.1) is 6.92 Å². The molecule has 4 atom stereocenters. The number of hydrogen-bond donors (Lipinski definition) is 1. The van der Waals surface area contributed by atoms with E-state index in [-0.39, 0.29) is 5.91 Å². The maximum atomic E-state index is 13.5. The summed E-state index contributed by atoms with van der Waals surface area (Å²) >= 11 is 6.26. The van der Waals surface area contributed by atoms with Crippen LogP contribution in [-0.4, -0.2) is 34.2 Å². The maximum absolute atomic E-state index is 13.5. The van der Waals surface area contributed by atoms with E-state index in [0.29, 0.717) is 33.3 Å². The van der Waals surface area contributed by atoms with Crippen molar-refractivity contribution in [2.75, 3.05) is 5.32 Å². The van der Waals surface area contributed by atoms with Gasteiger partial charge in [-0.2, -0.15) is 0 Å². The van der Waals surface area contributed by atoms with E-state index in [1.165, 1.54) is 4.90 Å². The summed E-state index contributed by atoms with van der Waals surface area (Å²) in [6.45, 7) is 7.10. The van der Waals surface area contributed by atoms with Crippen LogP contribution in [0.3, 0.4) is 0 Å². The zero-order valence-corrected chi connectivity index (χ0v) is 27.6. The highest BCUT2D eigenvalue weighted by atomic mass is 35.5. The van der Waals surface area contributed by atoms with Gasteiger partial charge in [0.1, 0.15) is 23.6 Å². The van der Waals surface area contributed by atoms with Gasteiger partial charge in [0.25, 0.3) is 0 Å². The van der Waals surface area contributed by atoms with Gasteiger partial charge in [0.2, 0.25) is 5.91 Å². The molecule has 6 rings (SSSR count). The minimum atomic E-state index is -0.661. The number of aromatic nitrogens is 1. The molecule has 9 nitrogen and oxygen atoms in total. The average molecular weight is 664 g/mol. The quantitative estimate of drug-likeness (QED) is 0.176. The molecule has 4 aromatic carbocycles. The van der Waals surface area contributed by atoms with Crippen LogP contribution in [0.25, 0.3) is 22.5 Å². The van der Waals surface area contributed by atoms with E-state index in [9.17, 15) is 14.4 Å². The van der Waals surface area contributed by atoms with E-state index in [1.54, 1.807) is 32.9 Å². The molecule has 1 unspecified atom stereocenters. The summed E-state index contributed by atoms with van der Waals surface area (Å²) in [5, 5.41) is 7.33. The van der Waals surface area contributed by atoms with Crippen LogP contribution in [0.2, 0.25) is 5.02 Å². The van der Waals surface area contributed by atoms with Crippen molar-refractivity contribution >= 4 is 35.4 Å². The summed E-state index contributed by atoms with van der Waals surface area (Å²) in [4.78, 5) is 40.2. The Labute approximate surface area is 283 Å². The minimum absolute atomic E-state index is 0.308. The van der Waals surface area contributed by atoms with Gasteiger partial charge in [-0.1, -0.05) is 114 Å². The number of benzene rings is 4. The molecule has 0 saturated carbocycles. The first-order valence-corrected chi connectivity index (χ1v) is 16.0. The molecule has 1 aromatic heterocycles. The van der Waals surface area contributed by atoms with Gasteiger partial charge < -0.3 is 14.0 Å². The van der Waals surface area contributed by atoms with Gasteiger partial charge >= 0.3 is 12.2 Å². The first-order chi connectivity index (χ1) is 23.1. The molecule has 1 aliphatic heterocycles. The number of nitrogens with zero attached hydrogens (tertiary/aromatic N) is 2.